The molecule has 4 nitrogen and oxygen atoms in total. The first-order valence-electron chi connectivity index (χ1n) is 3.32. The summed E-state index contributed by atoms with van der Waals surface area (Å²) in [6, 6.07) is 5.23. The number of hydrogen-bond donors (Lipinski definition) is 0. The van der Waals surface area contributed by atoms with Crippen molar-refractivity contribution in [1.82, 2.24) is 0 Å². The molecule has 0 N–H and O–H groups in total. The third-order valence-electron chi connectivity index (χ3n) is 1.05. The van der Waals surface area contributed by atoms with Crippen LogP contribution in [0.25, 0.3) is 0 Å². The topological polar surface area (TPSA) is 39.4 Å². The van der Waals surface area contributed by atoms with Crippen molar-refractivity contribution >= 4 is 31.5 Å². The summed E-state index contributed by atoms with van der Waals surface area (Å²) < 4.78 is 21.5. The van der Waals surface area contributed by atoms with Crippen molar-refractivity contribution in [2.45, 2.75) is 5.02 Å². The zero-order valence-electron chi connectivity index (χ0n) is 6.39. The smallest absolute Gasteiger partial charge is 0.263 e. The molecule has 0 bridgehead atoms. The third kappa shape index (κ3) is 4.48. The number of hydrogen-bond acceptors (Lipinski definition) is 3. The molecular formula is C6H7Cl2NO3P+. The Morgan fingerprint density at radius 2 is 1.85 bits per heavy atom. The molecule has 1 unspecified atom stereocenters. The molecule has 0 radical (unpaired) electrons. The van der Waals surface area contributed by atoms with Gasteiger partial charge < -0.3 is 0 Å². The summed E-state index contributed by atoms with van der Waals surface area (Å²) in [7, 11) is -2.69. The van der Waals surface area contributed by atoms with E-state index in [0.29, 0.717) is 0 Å². The number of rotatable bonds is 4. The van der Waals surface area contributed by atoms with Gasteiger partial charge in [-0.15, -0.1) is 0 Å². The molecular weight excluding hydrogens is 236 g/mol. The lowest BCUT2D eigenvalue weighted by atomic mass is 10.5. The summed E-state index contributed by atoms with van der Waals surface area (Å²) >= 11 is 10.4. The standard InChI is InChI=1S/C6H7Cl2NO3P/c7-6(8)11-13(10)12-9-4-2-1-3-5-9/h1-6,13H/q+1. The molecule has 1 aromatic rings. The fourth-order valence-corrected chi connectivity index (χ4v) is 1.54. The van der Waals surface area contributed by atoms with Crippen LogP contribution in [0.15, 0.2) is 30.6 Å². The predicted octanol–water partition coefficient (Wildman–Crippen LogP) is 1.57. The van der Waals surface area contributed by atoms with Gasteiger partial charge in [0, 0.05) is 16.9 Å². The van der Waals surface area contributed by atoms with E-state index in [9.17, 15) is 4.57 Å². The van der Waals surface area contributed by atoms with Gasteiger partial charge in [-0.1, -0.05) is 29.3 Å². The molecule has 0 saturated heterocycles. The first-order valence-corrected chi connectivity index (χ1v) is 5.41. The van der Waals surface area contributed by atoms with Crippen LogP contribution in [0.5, 0.6) is 0 Å². The van der Waals surface area contributed by atoms with E-state index < -0.39 is 13.3 Å². The first-order chi connectivity index (χ1) is 6.18. The average Bonchev–Trinajstić information content (AvgIpc) is 2.04. The predicted molar refractivity (Wildman–Crippen MR) is 48.8 cm³/mol. The van der Waals surface area contributed by atoms with Gasteiger partial charge in [0.1, 0.15) is 0 Å². The zero-order chi connectivity index (χ0) is 9.68. The van der Waals surface area contributed by atoms with Gasteiger partial charge in [0.15, 0.2) is 0 Å². The summed E-state index contributed by atoms with van der Waals surface area (Å²) in [5.74, 6) is 0. The number of nitrogens with zero attached hydrogens (tertiary/aromatic N) is 1. The molecule has 0 aliphatic rings. The lowest BCUT2D eigenvalue weighted by Gasteiger charge is -1.99. The van der Waals surface area contributed by atoms with E-state index in [1.54, 1.807) is 30.6 Å². The zero-order valence-corrected chi connectivity index (χ0v) is 8.90. The van der Waals surface area contributed by atoms with Crippen LogP contribution >= 0.6 is 31.5 Å². The highest BCUT2D eigenvalue weighted by Crippen LogP contribution is 2.23. The van der Waals surface area contributed by atoms with E-state index in [1.807, 2.05) is 0 Å². The number of halogens is 2. The van der Waals surface area contributed by atoms with Crippen LogP contribution < -0.4 is 9.35 Å². The molecule has 0 aliphatic heterocycles. The Morgan fingerprint density at radius 3 is 2.38 bits per heavy atom. The fourth-order valence-electron chi connectivity index (χ4n) is 0.624. The lowest BCUT2D eigenvalue weighted by molar-refractivity contribution is -0.858. The second-order valence-corrected chi connectivity index (χ2v) is 3.89. The largest absolute Gasteiger partial charge is 0.436 e. The van der Waals surface area contributed by atoms with Gasteiger partial charge >= 0.3 is 8.25 Å². The average molecular weight is 243 g/mol. The van der Waals surface area contributed by atoms with Crippen LogP contribution in [0.2, 0.25) is 0 Å². The molecule has 13 heavy (non-hydrogen) atoms. The molecule has 7 heteroatoms. The van der Waals surface area contributed by atoms with E-state index in [4.69, 9.17) is 27.8 Å². The maximum atomic E-state index is 11.0. The van der Waals surface area contributed by atoms with E-state index in [-0.39, 0.29) is 0 Å². The Hall–Kier alpha value is -0.280. The molecule has 0 amide bonds. The Kier molecular flexibility index (Phi) is 4.53. The van der Waals surface area contributed by atoms with E-state index in [2.05, 4.69) is 4.52 Å². The summed E-state index contributed by atoms with van der Waals surface area (Å²) in [5, 5.41) is -1.14. The second kappa shape index (κ2) is 5.45. The third-order valence-corrected chi connectivity index (χ3v) is 2.32. The van der Waals surface area contributed by atoms with Crippen LogP contribution in [-0.2, 0) is 9.09 Å². The SMILES string of the molecule is O=[PH](OC(Cl)Cl)O[n+]1ccccc1. The summed E-state index contributed by atoms with van der Waals surface area (Å²) in [6.45, 7) is 0. The Balaban J connectivity index is 2.46. The van der Waals surface area contributed by atoms with Gasteiger partial charge in [-0.25, -0.2) is 4.57 Å². The minimum atomic E-state index is -2.69. The van der Waals surface area contributed by atoms with Gasteiger partial charge in [-0.05, 0) is 0 Å². The van der Waals surface area contributed by atoms with Gasteiger partial charge in [0.25, 0.3) is 0 Å². The van der Waals surface area contributed by atoms with Crippen LogP contribution in [0.4, 0.5) is 0 Å². The Morgan fingerprint density at radius 1 is 1.23 bits per heavy atom. The first kappa shape index (κ1) is 10.8. The van der Waals surface area contributed by atoms with Crippen molar-refractivity contribution in [3.05, 3.63) is 30.6 Å². The molecule has 0 aliphatic carbocycles. The molecule has 1 aromatic heterocycles. The van der Waals surface area contributed by atoms with Gasteiger partial charge in [0.05, 0.1) is 0 Å². The highest BCUT2D eigenvalue weighted by Gasteiger charge is 2.11. The van der Waals surface area contributed by atoms with E-state index >= 15 is 0 Å². The van der Waals surface area contributed by atoms with Crippen molar-refractivity contribution in [2.75, 3.05) is 0 Å². The quantitative estimate of drug-likeness (QED) is 0.457. The van der Waals surface area contributed by atoms with E-state index in [0.717, 1.165) is 0 Å². The molecule has 0 aromatic carbocycles. The number of alkyl halides is 2. The van der Waals surface area contributed by atoms with Crippen LogP contribution in [-0.4, -0.2) is 5.02 Å². The minimum Gasteiger partial charge on any atom is -0.263 e. The van der Waals surface area contributed by atoms with Crippen molar-refractivity contribution < 1.29 is 18.4 Å². The molecule has 72 valence electrons. The Labute approximate surface area is 85.9 Å². The maximum Gasteiger partial charge on any atom is 0.436 e. The molecule has 0 saturated carbocycles. The molecule has 1 atom stereocenters. The normalized spacial score (nSPS) is 12.8. The van der Waals surface area contributed by atoms with Crippen LogP contribution in [0.1, 0.15) is 0 Å². The Bertz CT molecular complexity index is 282. The fraction of sp³-hybridized carbons (Fsp3) is 0.167. The summed E-state index contributed by atoms with van der Waals surface area (Å²) in [4.78, 5) is 0. The van der Waals surface area contributed by atoms with Crippen molar-refractivity contribution in [1.29, 1.82) is 0 Å². The van der Waals surface area contributed by atoms with Gasteiger partial charge in [-0.2, -0.15) is 4.62 Å². The van der Waals surface area contributed by atoms with Crippen LogP contribution in [0.3, 0.4) is 0 Å². The van der Waals surface area contributed by atoms with Gasteiger partial charge in [-0.3, -0.25) is 4.52 Å². The second-order valence-electron chi connectivity index (χ2n) is 1.96. The molecule has 1 rings (SSSR count). The highest BCUT2D eigenvalue weighted by molar-refractivity contribution is 7.33. The van der Waals surface area contributed by atoms with Crippen molar-refractivity contribution in [2.24, 2.45) is 0 Å². The van der Waals surface area contributed by atoms with E-state index in [1.165, 1.54) is 4.73 Å². The number of pyridine rings is 1. The molecule has 0 spiro atoms. The maximum absolute atomic E-state index is 11.0. The summed E-state index contributed by atoms with van der Waals surface area (Å²) in [5.41, 5.74) is 0. The van der Waals surface area contributed by atoms with Crippen molar-refractivity contribution in [3.8, 4) is 0 Å². The van der Waals surface area contributed by atoms with Crippen LogP contribution in [0, 0.1) is 0 Å². The molecule has 1 heterocycles. The lowest BCUT2D eigenvalue weighted by Crippen LogP contribution is -2.37. The highest BCUT2D eigenvalue weighted by atomic mass is 35.5. The van der Waals surface area contributed by atoms with Crippen molar-refractivity contribution in [3.63, 3.8) is 0 Å². The molecule has 0 fully saturated rings. The summed E-state index contributed by atoms with van der Waals surface area (Å²) in [6.07, 6.45) is 3.15. The minimum absolute atomic E-state index is 1.14. The monoisotopic (exact) mass is 242 g/mol. The van der Waals surface area contributed by atoms with Gasteiger partial charge in [0.2, 0.25) is 17.4 Å². The number of aromatic nitrogens is 1.